The highest BCUT2D eigenvalue weighted by atomic mass is 32.2. The molecule has 116 valence electrons. The van der Waals surface area contributed by atoms with Crippen LogP contribution in [0, 0.1) is 0 Å². The Labute approximate surface area is 128 Å². The number of thiazole rings is 1. The molecular weight excluding hydrogens is 310 g/mol. The average Bonchev–Trinajstić information content (AvgIpc) is 3.10. The van der Waals surface area contributed by atoms with Crippen LogP contribution in [0.2, 0.25) is 0 Å². The number of aromatic nitrogens is 3. The van der Waals surface area contributed by atoms with E-state index < -0.39 is 10.0 Å². The third-order valence-electron chi connectivity index (χ3n) is 2.85. The molecule has 0 unspecified atom stereocenters. The topological polar surface area (TPSA) is 99.8 Å². The fourth-order valence-electron chi connectivity index (χ4n) is 1.80. The summed E-state index contributed by atoms with van der Waals surface area (Å²) in [6.45, 7) is 3.68. The van der Waals surface area contributed by atoms with E-state index in [-0.39, 0.29) is 5.03 Å². The number of hydrogen-bond acceptors (Lipinski definition) is 6. The molecule has 2 heterocycles. The maximum absolute atomic E-state index is 12.2. The van der Waals surface area contributed by atoms with Crippen LogP contribution in [0.25, 0.3) is 0 Å². The van der Waals surface area contributed by atoms with Crippen molar-refractivity contribution in [3.05, 3.63) is 28.3 Å². The Morgan fingerprint density at radius 1 is 1.38 bits per heavy atom. The molecule has 9 heteroatoms. The Balaban J connectivity index is 1.94. The van der Waals surface area contributed by atoms with Crippen molar-refractivity contribution in [1.29, 1.82) is 0 Å². The molecule has 0 saturated carbocycles. The lowest BCUT2D eigenvalue weighted by atomic mass is 10.3. The normalized spacial score (nSPS) is 11.9. The molecule has 7 nitrogen and oxygen atoms in total. The molecule has 2 aromatic heterocycles. The van der Waals surface area contributed by atoms with Crippen molar-refractivity contribution in [2.75, 3.05) is 13.1 Å². The van der Waals surface area contributed by atoms with Gasteiger partial charge in [-0.1, -0.05) is 6.92 Å². The smallest absolute Gasteiger partial charge is 0.257 e. The summed E-state index contributed by atoms with van der Waals surface area (Å²) >= 11 is 1.50. The van der Waals surface area contributed by atoms with Gasteiger partial charge in [0, 0.05) is 30.5 Å². The molecule has 0 saturated heterocycles. The van der Waals surface area contributed by atoms with Gasteiger partial charge in [0.25, 0.3) is 10.0 Å². The summed E-state index contributed by atoms with van der Waals surface area (Å²) in [7, 11) is -3.57. The molecule has 0 spiro atoms. The van der Waals surface area contributed by atoms with E-state index in [2.05, 4.69) is 32.1 Å². The number of hydrogen-bond donors (Lipinski definition) is 3. The summed E-state index contributed by atoms with van der Waals surface area (Å²) in [6.07, 6.45) is 3.10. The maximum Gasteiger partial charge on any atom is 0.257 e. The highest BCUT2D eigenvalue weighted by Gasteiger charge is 2.20. The van der Waals surface area contributed by atoms with Crippen molar-refractivity contribution in [2.24, 2.45) is 0 Å². The lowest BCUT2D eigenvalue weighted by Crippen LogP contribution is -2.28. The van der Waals surface area contributed by atoms with Crippen LogP contribution in [0.15, 0.2) is 22.1 Å². The average molecular weight is 329 g/mol. The van der Waals surface area contributed by atoms with Gasteiger partial charge in [-0.2, -0.15) is 5.10 Å². The van der Waals surface area contributed by atoms with Crippen LogP contribution in [0.1, 0.15) is 24.6 Å². The van der Waals surface area contributed by atoms with Crippen molar-refractivity contribution in [2.45, 2.75) is 31.3 Å². The summed E-state index contributed by atoms with van der Waals surface area (Å²) in [5.74, 6) is 0. The summed E-state index contributed by atoms with van der Waals surface area (Å²) in [5.41, 5.74) is 3.26. The van der Waals surface area contributed by atoms with Crippen LogP contribution in [0.3, 0.4) is 0 Å². The lowest BCUT2D eigenvalue weighted by molar-refractivity contribution is 0.573. The zero-order valence-corrected chi connectivity index (χ0v) is 13.4. The molecule has 21 heavy (non-hydrogen) atoms. The minimum absolute atomic E-state index is 0.129. The SMILES string of the molecule is CCCNCc1cn[nH]c1S(=O)(=O)NCCc1cscn1. The summed E-state index contributed by atoms with van der Waals surface area (Å²) in [5, 5.41) is 11.6. The second kappa shape index (κ2) is 7.64. The third kappa shape index (κ3) is 4.60. The van der Waals surface area contributed by atoms with Gasteiger partial charge in [-0.25, -0.2) is 18.1 Å². The molecule has 0 aliphatic rings. The quantitative estimate of drug-likeness (QED) is 0.593. The zero-order valence-electron chi connectivity index (χ0n) is 11.8. The molecule has 0 aliphatic carbocycles. The number of sulfonamides is 1. The molecular formula is C12H19N5O2S2. The third-order valence-corrected chi connectivity index (χ3v) is 4.96. The Kier molecular flexibility index (Phi) is 5.85. The van der Waals surface area contributed by atoms with Crippen LogP contribution in [0.4, 0.5) is 0 Å². The minimum atomic E-state index is -3.57. The second-order valence-electron chi connectivity index (χ2n) is 4.53. The summed E-state index contributed by atoms with van der Waals surface area (Å²) < 4.78 is 27.1. The Hall–Kier alpha value is -1.29. The number of aromatic amines is 1. The van der Waals surface area contributed by atoms with Crippen LogP contribution in [-0.4, -0.2) is 36.7 Å². The summed E-state index contributed by atoms with van der Waals surface area (Å²) in [6, 6.07) is 0. The van der Waals surface area contributed by atoms with E-state index in [4.69, 9.17) is 0 Å². The first-order valence-electron chi connectivity index (χ1n) is 6.73. The Morgan fingerprint density at radius 2 is 2.24 bits per heavy atom. The molecule has 0 aliphatic heterocycles. The standard InChI is InChI=1S/C12H19N5O2S2/c1-2-4-13-6-10-7-15-17-12(10)21(18,19)16-5-3-11-8-20-9-14-11/h7-9,13,16H,2-6H2,1H3,(H,15,17). The molecule has 0 radical (unpaired) electrons. The molecule has 2 aromatic rings. The predicted molar refractivity (Wildman–Crippen MR) is 81.6 cm³/mol. The van der Waals surface area contributed by atoms with Crippen LogP contribution in [-0.2, 0) is 23.0 Å². The summed E-state index contributed by atoms with van der Waals surface area (Å²) in [4.78, 5) is 4.12. The lowest BCUT2D eigenvalue weighted by Gasteiger charge is -2.07. The van der Waals surface area contributed by atoms with E-state index in [1.54, 1.807) is 5.51 Å². The van der Waals surface area contributed by atoms with Gasteiger partial charge >= 0.3 is 0 Å². The maximum atomic E-state index is 12.2. The highest BCUT2D eigenvalue weighted by Crippen LogP contribution is 2.11. The predicted octanol–water partition coefficient (Wildman–Crippen LogP) is 0.887. The largest absolute Gasteiger partial charge is 0.313 e. The molecule has 2 rings (SSSR count). The zero-order chi connectivity index (χ0) is 15.1. The molecule has 0 aromatic carbocycles. The van der Waals surface area contributed by atoms with Gasteiger partial charge in [0.15, 0.2) is 5.03 Å². The Morgan fingerprint density at radius 3 is 2.95 bits per heavy atom. The molecule has 0 atom stereocenters. The van der Waals surface area contributed by atoms with Gasteiger partial charge in [0.2, 0.25) is 0 Å². The fourth-order valence-corrected chi connectivity index (χ4v) is 3.56. The molecule has 3 N–H and O–H groups in total. The van der Waals surface area contributed by atoms with Crippen molar-refractivity contribution >= 4 is 21.4 Å². The van der Waals surface area contributed by atoms with Crippen LogP contribution < -0.4 is 10.0 Å². The first-order chi connectivity index (χ1) is 10.1. The van der Waals surface area contributed by atoms with Gasteiger partial charge in [-0.05, 0) is 13.0 Å². The molecule has 0 bridgehead atoms. The van der Waals surface area contributed by atoms with E-state index in [0.29, 0.717) is 25.1 Å². The highest BCUT2D eigenvalue weighted by molar-refractivity contribution is 7.89. The van der Waals surface area contributed by atoms with E-state index in [1.165, 1.54) is 17.5 Å². The van der Waals surface area contributed by atoms with E-state index in [0.717, 1.165) is 18.7 Å². The van der Waals surface area contributed by atoms with E-state index in [1.807, 2.05) is 5.38 Å². The van der Waals surface area contributed by atoms with Crippen molar-refractivity contribution in [3.8, 4) is 0 Å². The number of nitrogens with zero attached hydrogens (tertiary/aromatic N) is 2. The van der Waals surface area contributed by atoms with Gasteiger partial charge in [-0.15, -0.1) is 11.3 Å². The van der Waals surface area contributed by atoms with E-state index in [9.17, 15) is 8.42 Å². The van der Waals surface area contributed by atoms with Crippen molar-refractivity contribution in [1.82, 2.24) is 25.2 Å². The van der Waals surface area contributed by atoms with Gasteiger partial charge in [0.05, 0.1) is 17.4 Å². The van der Waals surface area contributed by atoms with Crippen molar-refractivity contribution in [3.63, 3.8) is 0 Å². The number of nitrogens with one attached hydrogen (secondary N) is 3. The minimum Gasteiger partial charge on any atom is -0.313 e. The fraction of sp³-hybridized carbons (Fsp3) is 0.500. The van der Waals surface area contributed by atoms with Crippen LogP contribution in [0.5, 0.6) is 0 Å². The van der Waals surface area contributed by atoms with Crippen molar-refractivity contribution < 1.29 is 8.42 Å². The van der Waals surface area contributed by atoms with Gasteiger partial charge in [-0.3, -0.25) is 5.10 Å². The first-order valence-corrected chi connectivity index (χ1v) is 9.15. The van der Waals surface area contributed by atoms with Crippen LogP contribution >= 0.6 is 11.3 Å². The number of H-pyrrole nitrogens is 1. The monoisotopic (exact) mass is 329 g/mol. The molecule has 0 amide bonds. The second-order valence-corrected chi connectivity index (χ2v) is 6.95. The van der Waals surface area contributed by atoms with E-state index >= 15 is 0 Å². The van der Waals surface area contributed by atoms with Gasteiger partial charge in [0.1, 0.15) is 0 Å². The molecule has 0 fully saturated rings. The first kappa shape index (κ1) is 16.1. The van der Waals surface area contributed by atoms with Gasteiger partial charge < -0.3 is 5.32 Å². The Bertz CT molecular complexity index is 636. The number of rotatable bonds is 9.